The molecule has 0 aliphatic heterocycles. The fraction of sp³-hybridized carbons (Fsp3) is 0.333. The van der Waals surface area contributed by atoms with Crippen LogP contribution in [-0.4, -0.2) is 13.9 Å². The molecule has 1 rings (SSSR count). The van der Waals surface area contributed by atoms with Gasteiger partial charge >= 0.3 is 0 Å². The standard InChI is InChI=1S/C9H12O2S/c1-10-7-11-9-4-2-3-8(5-9)6-12/h2-5,12H,6-7H2,1H3. The summed E-state index contributed by atoms with van der Waals surface area (Å²) in [7, 11) is 1.60. The summed E-state index contributed by atoms with van der Waals surface area (Å²) >= 11 is 4.16. The maximum absolute atomic E-state index is 5.24. The molecule has 0 saturated heterocycles. The molecule has 1 aromatic rings. The van der Waals surface area contributed by atoms with E-state index >= 15 is 0 Å². The first-order valence-corrected chi connectivity index (χ1v) is 4.31. The van der Waals surface area contributed by atoms with Crippen molar-refractivity contribution in [3.63, 3.8) is 0 Å². The first kappa shape index (κ1) is 9.42. The minimum absolute atomic E-state index is 0.288. The second-order valence-corrected chi connectivity index (χ2v) is 2.67. The lowest BCUT2D eigenvalue weighted by molar-refractivity contribution is 0.0511. The van der Waals surface area contributed by atoms with E-state index in [1.54, 1.807) is 7.11 Å². The molecule has 66 valence electrons. The van der Waals surface area contributed by atoms with Crippen LogP contribution in [-0.2, 0) is 10.5 Å². The van der Waals surface area contributed by atoms with Crippen LogP contribution in [0.5, 0.6) is 5.75 Å². The van der Waals surface area contributed by atoms with Crippen molar-refractivity contribution in [2.24, 2.45) is 0 Å². The summed E-state index contributed by atoms with van der Waals surface area (Å²) in [5.41, 5.74) is 1.15. The van der Waals surface area contributed by atoms with Gasteiger partial charge in [-0.2, -0.15) is 12.6 Å². The third-order valence-electron chi connectivity index (χ3n) is 1.42. The van der Waals surface area contributed by atoms with Crippen molar-refractivity contribution in [1.82, 2.24) is 0 Å². The van der Waals surface area contributed by atoms with E-state index in [9.17, 15) is 0 Å². The third kappa shape index (κ3) is 2.75. The Bertz CT molecular complexity index is 238. The summed E-state index contributed by atoms with van der Waals surface area (Å²) in [5, 5.41) is 0. The topological polar surface area (TPSA) is 18.5 Å². The van der Waals surface area contributed by atoms with Gasteiger partial charge in [0.15, 0.2) is 6.79 Å². The summed E-state index contributed by atoms with van der Waals surface area (Å²) in [6, 6.07) is 7.79. The Morgan fingerprint density at radius 3 is 2.92 bits per heavy atom. The van der Waals surface area contributed by atoms with Crippen LogP contribution < -0.4 is 4.74 Å². The average molecular weight is 184 g/mol. The molecule has 0 unspecified atom stereocenters. The van der Waals surface area contributed by atoms with Crippen molar-refractivity contribution in [1.29, 1.82) is 0 Å². The quantitative estimate of drug-likeness (QED) is 0.570. The number of hydrogen-bond donors (Lipinski definition) is 1. The van der Waals surface area contributed by atoms with Crippen molar-refractivity contribution in [2.45, 2.75) is 5.75 Å². The second kappa shape index (κ2) is 5.06. The number of benzene rings is 1. The molecule has 0 spiro atoms. The Labute approximate surface area is 77.9 Å². The zero-order valence-electron chi connectivity index (χ0n) is 6.99. The Kier molecular flexibility index (Phi) is 3.97. The second-order valence-electron chi connectivity index (χ2n) is 2.36. The zero-order chi connectivity index (χ0) is 8.81. The molecule has 0 atom stereocenters. The van der Waals surface area contributed by atoms with Crippen molar-refractivity contribution < 1.29 is 9.47 Å². The highest BCUT2D eigenvalue weighted by Gasteiger charge is 1.93. The maximum atomic E-state index is 5.24. The molecule has 0 amide bonds. The lowest BCUT2D eigenvalue weighted by Crippen LogP contribution is -1.98. The van der Waals surface area contributed by atoms with Crippen LogP contribution in [0.3, 0.4) is 0 Å². The van der Waals surface area contributed by atoms with E-state index in [0.717, 1.165) is 17.1 Å². The lowest BCUT2D eigenvalue weighted by Gasteiger charge is -2.04. The maximum Gasteiger partial charge on any atom is 0.188 e. The van der Waals surface area contributed by atoms with Gasteiger partial charge in [0.2, 0.25) is 0 Å². The highest BCUT2D eigenvalue weighted by atomic mass is 32.1. The fourth-order valence-electron chi connectivity index (χ4n) is 0.861. The monoisotopic (exact) mass is 184 g/mol. The van der Waals surface area contributed by atoms with E-state index in [4.69, 9.17) is 9.47 Å². The van der Waals surface area contributed by atoms with Crippen LogP contribution in [0.4, 0.5) is 0 Å². The van der Waals surface area contributed by atoms with E-state index in [-0.39, 0.29) is 6.79 Å². The van der Waals surface area contributed by atoms with Gasteiger partial charge in [0.05, 0.1) is 0 Å². The Balaban J connectivity index is 2.60. The number of rotatable bonds is 4. The van der Waals surface area contributed by atoms with Crippen molar-refractivity contribution in [3.05, 3.63) is 29.8 Å². The summed E-state index contributed by atoms with van der Waals surface area (Å²) in [6.07, 6.45) is 0. The van der Waals surface area contributed by atoms with Crippen molar-refractivity contribution in [2.75, 3.05) is 13.9 Å². The number of thiol groups is 1. The molecule has 3 heteroatoms. The van der Waals surface area contributed by atoms with Gasteiger partial charge in [0.1, 0.15) is 5.75 Å². The Morgan fingerprint density at radius 1 is 1.42 bits per heavy atom. The molecule has 0 aliphatic rings. The molecule has 12 heavy (non-hydrogen) atoms. The molecule has 0 heterocycles. The molecular formula is C9H12O2S. The van der Waals surface area contributed by atoms with Gasteiger partial charge in [0.25, 0.3) is 0 Å². The summed E-state index contributed by atoms with van der Waals surface area (Å²) in [5.74, 6) is 1.55. The zero-order valence-corrected chi connectivity index (χ0v) is 7.88. The van der Waals surface area contributed by atoms with Crippen molar-refractivity contribution >= 4 is 12.6 Å². The minimum atomic E-state index is 0.288. The van der Waals surface area contributed by atoms with Crippen molar-refractivity contribution in [3.8, 4) is 5.75 Å². The summed E-state index contributed by atoms with van der Waals surface area (Å²) < 4.78 is 10.0. The Hall–Kier alpha value is -0.670. The average Bonchev–Trinajstić information content (AvgIpc) is 2.15. The fourth-order valence-corrected chi connectivity index (χ4v) is 1.06. The van der Waals surface area contributed by atoms with Gasteiger partial charge in [-0.05, 0) is 17.7 Å². The molecule has 0 aliphatic carbocycles. The van der Waals surface area contributed by atoms with Crippen LogP contribution in [0.15, 0.2) is 24.3 Å². The van der Waals surface area contributed by atoms with Crippen LogP contribution in [0.1, 0.15) is 5.56 Å². The SMILES string of the molecule is COCOc1cccc(CS)c1. The number of ether oxygens (including phenoxy) is 2. The van der Waals surface area contributed by atoms with Gasteiger partial charge in [-0.1, -0.05) is 12.1 Å². The van der Waals surface area contributed by atoms with Crippen LogP contribution in [0, 0.1) is 0 Å². The molecule has 0 fully saturated rings. The number of hydrogen-bond acceptors (Lipinski definition) is 3. The van der Waals surface area contributed by atoms with Gasteiger partial charge in [-0.3, -0.25) is 0 Å². The third-order valence-corrected chi connectivity index (χ3v) is 1.79. The number of methoxy groups -OCH3 is 1. The van der Waals surface area contributed by atoms with Gasteiger partial charge in [0, 0.05) is 12.9 Å². The van der Waals surface area contributed by atoms with E-state index in [0.29, 0.717) is 0 Å². The molecule has 2 nitrogen and oxygen atoms in total. The summed E-state index contributed by atoms with van der Waals surface area (Å²) in [6.45, 7) is 0.288. The molecular weight excluding hydrogens is 172 g/mol. The smallest absolute Gasteiger partial charge is 0.188 e. The van der Waals surface area contributed by atoms with Crippen LogP contribution >= 0.6 is 12.6 Å². The van der Waals surface area contributed by atoms with Gasteiger partial charge in [-0.15, -0.1) is 0 Å². The largest absolute Gasteiger partial charge is 0.468 e. The van der Waals surface area contributed by atoms with E-state index in [2.05, 4.69) is 12.6 Å². The Morgan fingerprint density at radius 2 is 2.25 bits per heavy atom. The first-order valence-electron chi connectivity index (χ1n) is 3.68. The van der Waals surface area contributed by atoms with E-state index in [1.165, 1.54) is 0 Å². The highest BCUT2D eigenvalue weighted by Crippen LogP contribution is 2.14. The highest BCUT2D eigenvalue weighted by molar-refractivity contribution is 7.79. The van der Waals surface area contributed by atoms with Gasteiger partial charge in [-0.25, -0.2) is 0 Å². The molecule has 0 aromatic heterocycles. The predicted octanol–water partition coefficient (Wildman–Crippen LogP) is 2.10. The predicted molar refractivity (Wildman–Crippen MR) is 51.6 cm³/mol. The first-order chi connectivity index (χ1) is 5.86. The minimum Gasteiger partial charge on any atom is -0.468 e. The lowest BCUT2D eigenvalue weighted by atomic mass is 10.2. The molecule has 0 saturated carbocycles. The normalized spacial score (nSPS) is 9.83. The van der Waals surface area contributed by atoms with E-state index < -0.39 is 0 Å². The van der Waals surface area contributed by atoms with Crippen LogP contribution in [0.25, 0.3) is 0 Å². The molecule has 1 aromatic carbocycles. The molecule has 0 N–H and O–H groups in total. The van der Waals surface area contributed by atoms with Crippen LogP contribution in [0.2, 0.25) is 0 Å². The molecule has 0 bridgehead atoms. The molecule has 0 radical (unpaired) electrons. The summed E-state index contributed by atoms with van der Waals surface area (Å²) in [4.78, 5) is 0. The van der Waals surface area contributed by atoms with Gasteiger partial charge < -0.3 is 9.47 Å². The van der Waals surface area contributed by atoms with E-state index in [1.807, 2.05) is 24.3 Å².